The van der Waals surface area contributed by atoms with E-state index in [1.165, 1.54) is 18.2 Å². The molecule has 3 aromatic carbocycles. The molecule has 0 unspecified atom stereocenters. The molecule has 0 radical (unpaired) electrons. The predicted octanol–water partition coefficient (Wildman–Crippen LogP) is 6.10. The van der Waals surface area contributed by atoms with Crippen LogP contribution in [0.3, 0.4) is 0 Å². The highest BCUT2D eigenvalue weighted by atomic mass is 35.5. The van der Waals surface area contributed by atoms with Crippen molar-refractivity contribution in [3.8, 4) is 5.75 Å². The van der Waals surface area contributed by atoms with E-state index in [2.05, 4.69) is 33.7 Å². The largest absolute Gasteiger partial charge is 0.482 e. The molecule has 37 heavy (non-hydrogen) atoms. The molecule has 5 rings (SSSR count). The third kappa shape index (κ3) is 5.46. The number of amides is 1. The average molecular weight is 540 g/mol. The Labute approximate surface area is 221 Å². The minimum absolute atomic E-state index is 0.0464. The van der Waals surface area contributed by atoms with E-state index >= 15 is 0 Å². The van der Waals surface area contributed by atoms with Crippen LogP contribution in [-0.2, 0) is 21.4 Å². The van der Waals surface area contributed by atoms with Gasteiger partial charge in [0.2, 0.25) is 10.0 Å². The Bertz CT molecular complexity index is 1560. The fraction of sp³-hybridized carbons (Fsp3) is 0.321. The molecule has 2 N–H and O–H groups in total. The van der Waals surface area contributed by atoms with E-state index in [4.69, 9.17) is 16.3 Å². The molecular formula is C28H30ClN3O4S. The number of aryl methyl sites for hydroxylation is 1. The lowest BCUT2D eigenvalue weighted by atomic mass is 9.96. The standard InChI is InChI=1S/C28H30ClN3O4S/c1-2-32-25-11-7-6-10-22(25)23-16-20(12-14-26(23)32)30-28(33)18-36-27-15-13-21(17-24(27)29)37(34,35)31-19-8-4-3-5-9-19/h6-7,10-17,19,31H,2-5,8-9,18H2,1H3,(H,30,33). The van der Waals surface area contributed by atoms with Crippen molar-refractivity contribution in [1.29, 1.82) is 0 Å². The fourth-order valence-corrected chi connectivity index (χ4v) is 6.72. The SMILES string of the molecule is CCn1c2ccccc2c2cc(NC(=O)COc3ccc(S(=O)(=O)NC4CCCCC4)cc3Cl)ccc21. The molecule has 1 aliphatic rings. The monoisotopic (exact) mass is 539 g/mol. The van der Waals surface area contributed by atoms with Gasteiger partial charge in [-0.25, -0.2) is 13.1 Å². The minimum Gasteiger partial charge on any atom is -0.482 e. The van der Waals surface area contributed by atoms with Gasteiger partial charge in [0.15, 0.2) is 6.61 Å². The Hall–Kier alpha value is -3.07. The second-order valence-corrected chi connectivity index (χ2v) is 11.5. The van der Waals surface area contributed by atoms with Gasteiger partial charge in [-0.2, -0.15) is 0 Å². The Morgan fingerprint density at radius 3 is 2.51 bits per heavy atom. The average Bonchev–Trinajstić information content (AvgIpc) is 3.21. The summed E-state index contributed by atoms with van der Waals surface area (Å²) in [6, 6.07) is 18.3. The number of nitrogens with one attached hydrogen (secondary N) is 2. The highest BCUT2D eigenvalue weighted by Crippen LogP contribution is 2.31. The lowest BCUT2D eigenvalue weighted by molar-refractivity contribution is -0.118. The van der Waals surface area contributed by atoms with Crippen LogP contribution in [0.15, 0.2) is 65.6 Å². The molecule has 4 aromatic rings. The Morgan fingerprint density at radius 1 is 1.00 bits per heavy atom. The summed E-state index contributed by atoms with van der Waals surface area (Å²) in [6.07, 6.45) is 4.88. The minimum atomic E-state index is -3.68. The van der Waals surface area contributed by atoms with E-state index in [0.29, 0.717) is 5.69 Å². The van der Waals surface area contributed by atoms with Crippen molar-refractivity contribution in [2.75, 3.05) is 11.9 Å². The first kappa shape index (κ1) is 25.6. The van der Waals surface area contributed by atoms with Crippen LogP contribution in [0.2, 0.25) is 5.02 Å². The van der Waals surface area contributed by atoms with Crippen LogP contribution in [0.4, 0.5) is 5.69 Å². The normalized spacial score (nSPS) is 14.8. The number of hydrogen-bond donors (Lipinski definition) is 2. The number of aromatic nitrogens is 1. The van der Waals surface area contributed by atoms with E-state index in [1.54, 1.807) is 0 Å². The number of carbonyl (C=O) groups excluding carboxylic acids is 1. The quantitative estimate of drug-likeness (QED) is 0.283. The van der Waals surface area contributed by atoms with E-state index in [-0.39, 0.29) is 34.2 Å². The van der Waals surface area contributed by atoms with Crippen molar-refractivity contribution in [1.82, 2.24) is 9.29 Å². The van der Waals surface area contributed by atoms with Gasteiger partial charge in [0.25, 0.3) is 5.91 Å². The zero-order valence-electron chi connectivity index (χ0n) is 20.7. The number of sulfonamides is 1. The first-order valence-corrected chi connectivity index (χ1v) is 14.5. The zero-order chi connectivity index (χ0) is 26.0. The van der Waals surface area contributed by atoms with Crippen molar-refractivity contribution in [2.45, 2.75) is 56.5 Å². The van der Waals surface area contributed by atoms with Crippen LogP contribution >= 0.6 is 11.6 Å². The summed E-state index contributed by atoms with van der Waals surface area (Å²) in [7, 11) is -3.68. The van der Waals surface area contributed by atoms with Gasteiger partial charge < -0.3 is 14.6 Å². The van der Waals surface area contributed by atoms with Gasteiger partial charge in [-0.05, 0) is 62.2 Å². The number of ether oxygens (including phenoxy) is 1. The van der Waals surface area contributed by atoms with Gasteiger partial charge >= 0.3 is 0 Å². The maximum Gasteiger partial charge on any atom is 0.262 e. The molecule has 1 heterocycles. The number of fused-ring (bicyclic) bond motifs is 3. The number of anilines is 1. The molecule has 1 aliphatic carbocycles. The van der Waals surface area contributed by atoms with E-state index in [1.807, 2.05) is 30.3 Å². The summed E-state index contributed by atoms with van der Waals surface area (Å²) >= 11 is 6.31. The first-order valence-electron chi connectivity index (χ1n) is 12.6. The van der Waals surface area contributed by atoms with E-state index < -0.39 is 10.0 Å². The Kier molecular flexibility index (Phi) is 7.42. The van der Waals surface area contributed by atoms with Gasteiger partial charge in [-0.3, -0.25) is 4.79 Å². The van der Waals surface area contributed by atoms with Crippen molar-refractivity contribution in [2.24, 2.45) is 0 Å². The zero-order valence-corrected chi connectivity index (χ0v) is 22.2. The first-order chi connectivity index (χ1) is 17.9. The third-order valence-electron chi connectivity index (χ3n) is 6.87. The number of carbonyl (C=O) groups is 1. The summed E-state index contributed by atoms with van der Waals surface area (Å²) in [4.78, 5) is 12.7. The van der Waals surface area contributed by atoms with Gasteiger partial charge in [0, 0.05) is 40.1 Å². The molecule has 0 saturated heterocycles. The lowest BCUT2D eigenvalue weighted by Crippen LogP contribution is -2.36. The molecule has 0 bridgehead atoms. The maximum absolute atomic E-state index is 12.8. The van der Waals surface area contributed by atoms with Gasteiger partial charge in [-0.15, -0.1) is 0 Å². The van der Waals surface area contributed by atoms with Crippen LogP contribution in [0.5, 0.6) is 5.75 Å². The van der Waals surface area contributed by atoms with Gasteiger partial charge in [-0.1, -0.05) is 49.1 Å². The smallest absolute Gasteiger partial charge is 0.262 e. The number of hydrogen-bond acceptors (Lipinski definition) is 4. The third-order valence-corrected chi connectivity index (χ3v) is 8.69. The lowest BCUT2D eigenvalue weighted by Gasteiger charge is -2.22. The molecule has 1 amide bonds. The second-order valence-electron chi connectivity index (χ2n) is 9.38. The summed E-state index contributed by atoms with van der Waals surface area (Å²) in [5.74, 6) is -0.0970. The summed E-state index contributed by atoms with van der Waals surface area (Å²) in [6.45, 7) is 2.70. The number of rotatable bonds is 8. The molecule has 9 heteroatoms. The van der Waals surface area contributed by atoms with Crippen molar-refractivity contribution >= 4 is 55.0 Å². The highest BCUT2D eigenvalue weighted by molar-refractivity contribution is 7.89. The van der Waals surface area contributed by atoms with Crippen molar-refractivity contribution < 1.29 is 17.9 Å². The molecule has 0 atom stereocenters. The molecule has 7 nitrogen and oxygen atoms in total. The summed E-state index contributed by atoms with van der Waals surface area (Å²) in [5.41, 5.74) is 2.93. The molecule has 0 aliphatic heterocycles. The van der Waals surface area contributed by atoms with Crippen molar-refractivity contribution in [3.63, 3.8) is 0 Å². The number of halogens is 1. The molecule has 0 spiro atoms. The van der Waals surface area contributed by atoms with Crippen LogP contribution in [-0.4, -0.2) is 31.5 Å². The van der Waals surface area contributed by atoms with Crippen LogP contribution < -0.4 is 14.8 Å². The van der Waals surface area contributed by atoms with E-state index in [9.17, 15) is 13.2 Å². The second kappa shape index (κ2) is 10.7. The molecular weight excluding hydrogens is 510 g/mol. The Morgan fingerprint density at radius 2 is 1.76 bits per heavy atom. The topological polar surface area (TPSA) is 89.4 Å². The van der Waals surface area contributed by atoms with Crippen LogP contribution in [0, 0.1) is 0 Å². The summed E-state index contributed by atoms with van der Waals surface area (Å²) < 4.78 is 36.1. The molecule has 1 saturated carbocycles. The molecule has 194 valence electrons. The van der Waals surface area contributed by atoms with E-state index in [0.717, 1.165) is 60.5 Å². The van der Waals surface area contributed by atoms with Gasteiger partial charge in [0.05, 0.1) is 9.92 Å². The van der Waals surface area contributed by atoms with Gasteiger partial charge in [0.1, 0.15) is 5.75 Å². The number of para-hydroxylation sites is 1. The van der Waals surface area contributed by atoms with Crippen LogP contribution in [0.25, 0.3) is 21.8 Å². The maximum atomic E-state index is 12.8. The summed E-state index contributed by atoms with van der Waals surface area (Å²) in [5, 5.41) is 5.21. The Balaban J connectivity index is 1.24. The van der Waals surface area contributed by atoms with Crippen LogP contribution in [0.1, 0.15) is 39.0 Å². The predicted molar refractivity (Wildman–Crippen MR) is 148 cm³/mol. The van der Waals surface area contributed by atoms with Crippen molar-refractivity contribution in [3.05, 3.63) is 65.7 Å². The molecule has 1 fully saturated rings. The number of benzene rings is 3. The number of nitrogens with zero attached hydrogens (tertiary/aromatic N) is 1. The molecule has 1 aromatic heterocycles. The highest BCUT2D eigenvalue weighted by Gasteiger charge is 2.23. The fourth-order valence-electron chi connectivity index (χ4n) is 5.09.